The molecular formula is C69H106N5O35P-2. The summed E-state index contributed by atoms with van der Waals surface area (Å²) in [6.07, 6.45) is -41.0. The van der Waals surface area contributed by atoms with Crippen LogP contribution in [0.15, 0.2) is 59.6 Å². The van der Waals surface area contributed by atoms with Crippen LogP contribution in [0.2, 0.25) is 0 Å². The molecule has 5 aliphatic heterocycles. The molecule has 0 aromatic heterocycles. The van der Waals surface area contributed by atoms with E-state index in [2.05, 4.69) is 62.9 Å². The molecule has 28 atom stereocenters. The van der Waals surface area contributed by atoms with Crippen molar-refractivity contribution in [1.29, 1.82) is 0 Å². The number of primary amides is 2. The molecule has 2 unspecified atom stereocenters. The maximum Gasteiger partial charge on any atom is 0.404 e. The van der Waals surface area contributed by atoms with Gasteiger partial charge in [0.25, 0.3) is 13.7 Å². The normalized spacial score (nSPS) is 37.3. The van der Waals surface area contributed by atoms with E-state index in [9.17, 15) is 109 Å². The lowest BCUT2D eigenvalue weighted by Crippen LogP contribution is -2.73. The van der Waals surface area contributed by atoms with Gasteiger partial charge in [-0.15, -0.1) is 0 Å². The molecule has 0 spiro atoms. The van der Waals surface area contributed by atoms with Crippen molar-refractivity contribution in [1.82, 2.24) is 16.0 Å². The number of carboxylic acid groups (broad SMARTS) is 1. The lowest BCUT2D eigenvalue weighted by Gasteiger charge is -2.52. The van der Waals surface area contributed by atoms with Crippen LogP contribution in [-0.4, -0.2) is 295 Å². The van der Waals surface area contributed by atoms with Crippen LogP contribution >= 0.6 is 7.82 Å². The van der Waals surface area contributed by atoms with E-state index in [0.717, 1.165) is 64.9 Å². The molecule has 110 heavy (non-hydrogen) atoms. The highest BCUT2D eigenvalue weighted by Crippen LogP contribution is 2.48. The van der Waals surface area contributed by atoms with Crippen molar-refractivity contribution in [2.75, 3.05) is 33.0 Å². The Kier molecular flexibility index (Phi) is 32.3. The third-order valence-electron chi connectivity index (χ3n) is 20.3. The zero-order valence-electron chi connectivity index (χ0n) is 62.1. The first-order valence-electron chi connectivity index (χ1n) is 35.8. The summed E-state index contributed by atoms with van der Waals surface area (Å²) in [5, 5.41) is 152. The summed E-state index contributed by atoms with van der Waals surface area (Å²) in [5.74, 6) is -7.83. The third-order valence-corrected chi connectivity index (χ3v) is 21.3. The number of amides is 5. The number of ether oxygens (including phenoxy) is 11. The predicted octanol–water partition coefficient (Wildman–Crippen LogP) is -5.33. The van der Waals surface area contributed by atoms with Gasteiger partial charge >= 0.3 is 6.09 Å². The van der Waals surface area contributed by atoms with Crippen molar-refractivity contribution in [3.63, 3.8) is 0 Å². The van der Waals surface area contributed by atoms with E-state index in [-0.39, 0.29) is 23.7 Å². The predicted molar refractivity (Wildman–Crippen MR) is 366 cm³/mol. The van der Waals surface area contributed by atoms with E-state index in [1.165, 1.54) is 17.2 Å². The first-order valence-corrected chi connectivity index (χ1v) is 37.2. The van der Waals surface area contributed by atoms with Crippen molar-refractivity contribution in [3.8, 4) is 0 Å². The molecule has 7 rings (SSSR count). The van der Waals surface area contributed by atoms with Crippen LogP contribution in [0.25, 0.3) is 0 Å². The number of aliphatic hydroxyl groups excluding tert-OH is 11. The summed E-state index contributed by atoms with van der Waals surface area (Å²) in [4.78, 5) is 104. The van der Waals surface area contributed by atoms with Gasteiger partial charge in [0.2, 0.25) is 17.7 Å². The molecule has 19 N–H and O–H groups in total. The second-order valence-corrected chi connectivity index (χ2v) is 31.4. The molecule has 0 radical (unpaired) electrons. The van der Waals surface area contributed by atoms with Crippen molar-refractivity contribution in [2.24, 2.45) is 28.2 Å². The molecule has 41 heteroatoms. The number of hydrogen-bond acceptors (Lipinski definition) is 35. The van der Waals surface area contributed by atoms with E-state index in [0.29, 0.717) is 18.8 Å². The van der Waals surface area contributed by atoms with Gasteiger partial charge in [-0.2, -0.15) is 0 Å². The number of hydrogen-bond donors (Lipinski definition) is 17. The average molecular weight is 1600 g/mol. The number of phosphoric ester groups is 1. The number of aliphatic hydroxyl groups is 12. The summed E-state index contributed by atoms with van der Waals surface area (Å²) in [6.45, 7) is 16.7. The number of carbonyl (C=O) groups excluding carboxylic acids is 7. The second kappa shape index (κ2) is 38.9. The zero-order chi connectivity index (χ0) is 82.0. The van der Waals surface area contributed by atoms with Crippen LogP contribution in [0.1, 0.15) is 120 Å². The van der Waals surface area contributed by atoms with Crippen LogP contribution in [-0.2, 0) is 94.5 Å². The van der Waals surface area contributed by atoms with Crippen LogP contribution in [0.3, 0.4) is 0 Å². The van der Waals surface area contributed by atoms with Gasteiger partial charge in [-0.25, -0.2) is 4.79 Å². The number of carbonyl (C=O) groups is 7. The Morgan fingerprint density at radius 3 is 1.88 bits per heavy atom. The van der Waals surface area contributed by atoms with Gasteiger partial charge in [0.15, 0.2) is 61.6 Å². The smallest absolute Gasteiger partial charge is 0.404 e. The molecule has 6 fully saturated rings. The van der Waals surface area contributed by atoms with E-state index in [1.54, 1.807) is 6.92 Å². The van der Waals surface area contributed by atoms with Gasteiger partial charge in [-0.1, -0.05) is 75.8 Å². The second-order valence-electron chi connectivity index (χ2n) is 30.0. The standard InChI is InChI=1S/C69H108N5O35P/c1-29(14-11-12-20-67(6,7)22-18-30(2)24-34-31(3)15-13-21-68(34,8)9)19-23-97-40(60(91)92)28-99-110(95,96)109-65-55(56(108-66(71)93)69(10,94)57(107-65)58(70)89)106-62-43(73-33(5)78)46(83)53(39(102-62)27-98-63-50(87)47(84)44(81)37(25-75)100-63)103-61-42(72-32(4)77)45(82)52(38(26-76)101-61)104-64-51(88)48(85)49(86)54(105-64)59(90)74-41-35(79)16-17-36(41)80/h12,19-20,34,37-40,42-57,61-65,75-76,79,81-88,94H,2-3,11,13-18,21-28H2,1,4-10H3,(H2,70,89)(H2,71,93)(H,72,77)(H,73,78)(H,74,90)(H,91,92)(H,95,96)/p-2/b20-12+,29-19+/t34?,37-,38-,39-,40-,42-,43-,44-,45-,46-,47+,48+,49-,50-,51-,52-,53-,54+,55-,56-,57-,61+,62+,63-,64-,65-,69+/m1/s1. The number of phosphoric acid groups is 1. The van der Waals surface area contributed by atoms with E-state index < -0.39 is 253 Å². The summed E-state index contributed by atoms with van der Waals surface area (Å²) >= 11 is 0. The molecule has 5 saturated heterocycles. The van der Waals surface area contributed by atoms with Gasteiger partial charge in [0.05, 0.1) is 39.0 Å². The summed E-state index contributed by atoms with van der Waals surface area (Å²) in [5.41, 5.74) is 10.7. The topological polar surface area (TPSA) is 634 Å². The van der Waals surface area contributed by atoms with E-state index in [1.807, 2.05) is 6.08 Å². The molecule has 2 aliphatic carbocycles. The molecule has 0 bridgehead atoms. The number of carboxylic acids is 1. The fourth-order valence-electron chi connectivity index (χ4n) is 14.0. The number of aliphatic carboxylic acids is 1. The molecule has 0 aromatic rings. The van der Waals surface area contributed by atoms with Gasteiger partial charge in [-0.05, 0) is 82.0 Å². The molecule has 5 heterocycles. The molecule has 624 valence electrons. The minimum Gasteiger partial charge on any atom is -0.756 e. The largest absolute Gasteiger partial charge is 0.756 e. The van der Waals surface area contributed by atoms with Crippen LogP contribution in [0, 0.1) is 16.7 Å². The fraction of sp³-hybridized carbons (Fsp3) is 0.754. The Hall–Kier alpha value is -5.94. The minimum atomic E-state index is -6.15. The van der Waals surface area contributed by atoms with Crippen molar-refractivity contribution >= 4 is 49.3 Å². The van der Waals surface area contributed by atoms with E-state index in [4.69, 9.17) is 72.6 Å². The zero-order valence-corrected chi connectivity index (χ0v) is 63.0. The highest BCUT2D eigenvalue weighted by molar-refractivity contribution is 7.45. The van der Waals surface area contributed by atoms with Gasteiger partial charge in [0.1, 0.15) is 115 Å². The quantitative estimate of drug-likeness (QED) is 0.0208. The lowest BCUT2D eigenvalue weighted by atomic mass is 9.64. The Morgan fingerprint density at radius 1 is 0.745 bits per heavy atom. The van der Waals surface area contributed by atoms with Gasteiger partial charge in [-0.3, -0.25) is 33.1 Å². The Bertz CT molecular complexity index is 3390. The van der Waals surface area contributed by atoms with Crippen molar-refractivity contribution < 1.29 is 171 Å². The minimum absolute atomic E-state index is 0.154. The third kappa shape index (κ3) is 23.2. The Morgan fingerprint density at radius 2 is 1.32 bits per heavy atom. The number of rotatable bonds is 35. The first-order chi connectivity index (χ1) is 51.3. The van der Waals surface area contributed by atoms with Crippen LogP contribution < -0.4 is 37.4 Å². The monoisotopic (exact) mass is 1600 g/mol. The van der Waals surface area contributed by atoms with Crippen LogP contribution in [0.5, 0.6) is 0 Å². The molecule has 40 nitrogen and oxygen atoms in total. The van der Waals surface area contributed by atoms with E-state index >= 15 is 0 Å². The van der Waals surface area contributed by atoms with Crippen LogP contribution in [0.4, 0.5) is 4.79 Å². The Labute approximate surface area is 633 Å². The molecule has 0 aromatic carbocycles. The number of ketones is 1. The number of allylic oxidation sites excluding steroid dienone is 7. The lowest BCUT2D eigenvalue weighted by molar-refractivity contribution is -0.379. The highest BCUT2D eigenvalue weighted by atomic mass is 31.2. The summed E-state index contributed by atoms with van der Waals surface area (Å²) in [6, 6.07) is -4.19. The Balaban J connectivity index is 1.13. The maximum atomic E-state index is 14.0. The number of nitrogens with one attached hydrogen (secondary N) is 3. The highest BCUT2D eigenvalue weighted by Gasteiger charge is 2.62. The number of Topliss-reactive ketones (excluding diaryl/α,β-unsaturated/α-hetero) is 1. The SMILES string of the molecule is C=C(CCC(C)(C)/C=C/CC/C(C)=C/CO[C@H](COP(=O)([O-])O[C@H]1O[C@H](C(N)=O)[C@@](C)(O)[C@H](OC(N)=O)[C@H]1O[C@@H]1O[C@H](CO[C@@H]2O[C@H](CO)[C@@H](O)[C@H](O)[C@H]2O)[C@@H](O[C@@H]2O[C@H](CO)[C@@H](O[C@@H]3O[C@H](C(=O)NC4=C(O)CCC4=O)[C@H](O)[C@H](O)[C@H]3O)[C@H](O)[C@H]2NC(C)=O)[C@H](O)[C@H]1NC(C)=O)C(=O)[O-])CC1C(=C)CCCC1(C)C. The maximum absolute atomic E-state index is 14.0. The molecular weight excluding hydrogens is 1490 g/mol. The molecule has 1 saturated carbocycles. The summed E-state index contributed by atoms with van der Waals surface area (Å²) < 4.78 is 87.9. The molecule has 7 aliphatic rings. The van der Waals surface area contributed by atoms with Gasteiger partial charge < -0.3 is 160 Å². The number of nitrogens with two attached hydrogens (primary N) is 2. The summed E-state index contributed by atoms with van der Waals surface area (Å²) in [7, 11) is -6.15. The molecule has 5 amide bonds. The van der Waals surface area contributed by atoms with Crippen molar-refractivity contribution in [2.45, 2.75) is 279 Å². The van der Waals surface area contributed by atoms with Gasteiger partial charge in [0, 0.05) is 26.7 Å². The average Bonchev–Trinajstić information content (AvgIpc) is 0.908. The fourth-order valence-corrected chi connectivity index (χ4v) is 14.8. The first kappa shape index (κ1) is 91.2. The van der Waals surface area contributed by atoms with Crippen molar-refractivity contribution in [3.05, 3.63) is 59.6 Å².